The summed E-state index contributed by atoms with van der Waals surface area (Å²) in [5.41, 5.74) is 5.94. The van der Waals surface area contributed by atoms with Crippen LogP contribution in [0.3, 0.4) is 0 Å². The van der Waals surface area contributed by atoms with Crippen molar-refractivity contribution in [2.24, 2.45) is 0 Å². The fourth-order valence-corrected chi connectivity index (χ4v) is 5.92. The zero-order valence-electron chi connectivity index (χ0n) is 20.6. The number of esters is 1. The molecule has 1 unspecified atom stereocenters. The first-order valence-corrected chi connectivity index (χ1v) is 12.9. The number of fused-ring (bicyclic) bond motifs is 1. The van der Waals surface area contributed by atoms with Crippen LogP contribution >= 0.6 is 11.3 Å². The lowest BCUT2D eigenvalue weighted by Crippen LogP contribution is -2.20. The van der Waals surface area contributed by atoms with Crippen LogP contribution in [-0.4, -0.2) is 28.5 Å². The number of hydrogen-bond acceptors (Lipinski definition) is 6. The second kappa shape index (κ2) is 10.4. The van der Waals surface area contributed by atoms with Crippen LogP contribution in [0.2, 0.25) is 0 Å². The Bertz CT molecular complexity index is 1480. The molecule has 0 radical (unpaired) electrons. The average Bonchev–Trinajstić information content (AvgIpc) is 3.45. The van der Waals surface area contributed by atoms with Crippen LogP contribution in [0.4, 0.5) is 5.00 Å². The van der Waals surface area contributed by atoms with Crippen LogP contribution in [0.1, 0.15) is 55.7 Å². The molecule has 0 aliphatic heterocycles. The van der Waals surface area contributed by atoms with E-state index >= 15 is 0 Å². The molecule has 0 bridgehead atoms. The highest BCUT2D eigenvalue weighted by atomic mass is 32.1. The second-order valence-corrected chi connectivity index (χ2v) is 10.3. The number of H-pyrrole nitrogens is 1. The molecule has 2 heterocycles. The number of benzene rings is 2. The topological polar surface area (TPSA) is 108 Å². The normalized spacial score (nSPS) is 14.5. The number of aryl methyl sites for hydroxylation is 2. The molecule has 0 spiro atoms. The minimum Gasteiger partial charge on any atom is -0.452 e. The quantitative estimate of drug-likeness (QED) is 0.324. The van der Waals surface area contributed by atoms with Crippen molar-refractivity contribution in [1.82, 2.24) is 9.97 Å². The predicted molar refractivity (Wildman–Crippen MR) is 143 cm³/mol. The van der Waals surface area contributed by atoms with Crippen LogP contribution < -0.4 is 5.32 Å². The van der Waals surface area contributed by atoms with Gasteiger partial charge in [0.1, 0.15) is 16.9 Å². The summed E-state index contributed by atoms with van der Waals surface area (Å²) in [6.45, 7) is 3.45. The molecule has 2 N–H and O–H groups in total. The fraction of sp³-hybridized carbons (Fsp3) is 0.241. The molecule has 1 amide bonds. The summed E-state index contributed by atoms with van der Waals surface area (Å²) in [5.74, 6) is 0.0679. The van der Waals surface area contributed by atoms with Crippen LogP contribution in [0.25, 0.3) is 11.4 Å². The summed E-state index contributed by atoms with van der Waals surface area (Å²) in [6, 6.07) is 19.5. The Labute approximate surface area is 219 Å². The molecular weight excluding hydrogens is 484 g/mol. The van der Waals surface area contributed by atoms with Crippen molar-refractivity contribution in [3.63, 3.8) is 0 Å². The van der Waals surface area contributed by atoms with Gasteiger partial charge in [-0.25, -0.2) is 9.78 Å². The number of nitrogens with zero attached hydrogens (tertiary/aromatic N) is 2. The van der Waals surface area contributed by atoms with E-state index in [1.807, 2.05) is 32.0 Å². The number of carbonyl (C=O) groups is 2. The molecule has 2 aromatic heterocycles. The lowest BCUT2D eigenvalue weighted by molar-refractivity contribution is -0.119. The van der Waals surface area contributed by atoms with Gasteiger partial charge in [-0.05, 0) is 62.3 Å². The first-order chi connectivity index (χ1) is 17.9. The van der Waals surface area contributed by atoms with Gasteiger partial charge in [0.2, 0.25) is 0 Å². The molecule has 7 nitrogen and oxygen atoms in total. The van der Waals surface area contributed by atoms with E-state index in [9.17, 15) is 14.9 Å². The lowest BCUT2D eigenvalue weighted by atomic mass is 9.83. The van der Waals surface area contributed by atoms with Gasteiger partial charge >= 0.3 is 5.97 Å². The standard InChI is InChI=1S/C29H26N4O3S/c1-17-18(2)32-27(31-17)20-8-10-21(11-9-20)29(35)36-16-26(34)33-28-24(15-30)23-13-12-22(14-25(23)37-28)19-6-4-3-5-7-19/h3-11,22H,12-14,16H2,1-2H3,(H,31,32)(H,33,34). The molecule has 1 aliphatic rings. The van der Waals surface area contributed by atoms with E-state index in [1.54, 1.807) is 24.3 Å². The number of nitrogens with one attached hydrogen (secondary N) is 2. The summed E-state index contributed by atoms with van der Waals surface area (Å²) in [5, 5.41) is 13.1. The summed E-state index contributed by atoms with van der Waals surface area (Å²) < 4.78 is 5.23. The zero-order chi connectivity index (χ0) is 25.9. The van der Waals surface area contributed by atoms with Gasteiger partial charge in [-0.2, -0.15) is 5.26 Å². The number of thiophene rings is 1. The number of aromatic nitrogens is 2. The number of amides is 1. The monoisotopic (exact) mass is 510 g/mol. The largest absolute Gasteiger partial charge is 0.452 e. The predicted octanol–water partition coefficient (Wildman–Crippen LogP) is 5.69. The molecule has 1 atom stereocenters. The third kappa shape index (κ3) is 5.18. The van der Waals surface area contributed by atoms with Crippen molar-refractivity contribution in [3.8, 4) is 17.5 Å². The van der Waals surface area contributed by atoms with Gasteiger partial charge in [-0.15, -0.1) is 11.3 Å². The van der Waals surface area contributed by atoms with Gasteiger partial charge < -0.3 is 15.0 Å². The van der Waals surface area contributed by atoms with Gasteiger partial charge in [-0.3, -0.25) is 4.79 Å². The smallest absolute Gasteiger partial charge is 0.338 e. The number of aromatic amines is 1. The Morgan fingerprint density at radius 3 is 2.59 bits per heavy atom. The van der Waals surface area contributed by atoms with E-state index in [-0.39, 0.29) is 0 Å². The lowest BCUT2D eigenvalue weighted by Gasteiger charge is -2.22. The molecule has 186 valence electrons. The van der Waals surface area contributed by atoms with Crippen molar-refractivity contribution >= 4 is 28.2 Å². The van der Waals surface area contributed by atoms with Crippen molar-refractivity contribution in [2.75, 3.05) is 11.9 Å². The average molecular weight is 511 g/mol. The number of ether oxygens (including phenoxy) is 1. The Balaban J connectivity index is 1.20. The highest BCUT2D eigenvalue weighted by Gasteiger charge is 2.27. The van der Waals surface area contributed by atoms with Crippen molar-refractivity contribution < 1.29 is 14.3 Å². The zero-order valence-corrected chi connectivity index (χ0v) is 21.4. The van der Waals surface area contributed by atoms with Crippen LogP contribution in [0.5, 0.6) is 0 Å². The number of imidazole rings is 1. The molecule has 0 fully saturated rings. The van der Waals surface area contributed by atoms with E-state index in [0.29, 0.717) is 22.0 Å². The Morgan fingerprint density at radius 2 is 1.92 bits per heavy atom. The number of carbonyl (C=O) groups excluding carboxylic acids is 2. The molecule has 8 heteroatoms. The first kappa shape index (κ1) is 24.5. The van der Waals surface area contributed by atoms with Crippen LogP contribution in [-0.2, 0) is 22.4 Å². The Morgan fingerprint density at radius 1 is 1.16 bits per heavy atom. The van der Waals surface area contributed by atoms with E-state index < -0.39 is 18.5 Å². The van der Waals surface area contributed by atoms with Crippen molar-refractivity contribution in [3.05, 3.63) is 93.1 Å². The van der Waals surface area contributed by atoms with Crippen molar-refractivity contribution in [1.29, 1.82) is 5.26 Å². The molecule has 4 aromatic rings. The Kier molecular flexibility index (Phi) is 6.89. The first-order valence-electron chi connectivity index (χ1n) is 12.1. The van der Waals surface area contributed by atoms with Gasteiger partial charge in [0.15, 0.2) is 6.61 Å². The fourth-order valence-electron chi connectivity index (χ4n) is 4.63. The number of nitriles is 1. The van der Waals surface area contributed by atoms with E-state index in [4.69, 9.17) is 4.74 Å². The highest BCUT2D eigenvalue weighted by molar-refractivity contribution is 7.16. The summed E-state index contributed by atoms with van der Waals surface area (Å²) in [7, 11) is 0. The van der Waals surface area contributed by atoms with Gasteiger partial charge in [0.05, 0.1) is 16.8 Å². The molecule has 0 saturated heterocycles. The molecule has 0 saturated carbocycles. The molecular formula is C29H26N4O3S. The number of anilines is 1. The second-order valence-electron chi connectivity index (χ2n) is 9.17. The van der Waals surface area contributed by atoms with E-state index in [2.05, 4.69) is 33.5 Å². The summed E-state index contributed by atoms with van der Waals surface area (Å²) in [4.78, 5) is 33.9. The SMILES string of the molecule is Cc1nc(-c2ccc(C(=O)OCC(=O)Nc3sc4c(c3C#N)CCC(c3ccccc3)C4)cc2)[nH]c1C. The van der Waals surface area contributed by atoms with Gasteiger partial charge in [0.25, 0.3) is 5.91 Å². The molecule has 2 aromatic carbocycles. The molecule has 37 heavy (non-hydrogen) atoms. The minimum atomic E-state index is -0.592. The molecule has 5 rings (SSSR count). The van der Waals surface area contributed by atoms with Crippen LogP contribution in [0, 0.1) is 25.2 Å². The summed E-state index contributed by atoms with van der Waals surface area (Å²) in [6.07, 6.45) is 2.61. The van der Waals surface area contributed by atoms with Gasteiger partial charge in [-0.1, -0.05) is 42.5 Å². The van der Waals surface area contributed by atoms with E-state index in [0.717, 1.165) is 52.5 Å². The maximum absolute atomic E-state index is 12.6. The number of hydrogen-bond donors (Lipinski definition) is 2. The third-order valence-corrected chi connectivity index (χ3v) is 7.93. The third-order valence-electron chi connectivity index (χ3n) is 6.76. The van der Waals surface area contributed by atoms with Crippen LogP contribution in [0.15, 0.2) is 54.6 Å². The Hall–Kier alpha value is -4.22. The highest BCUT2D eigenvalue weighted by Crippen LogP contribution is 2.42. The number of rotatable bonds is 6. The summed E-state index contributed by atoms with van der Waals surface area (Å²) >= 11 is 1.44. The maximum Gasteiger partial charge on any atom is 0.338 e. The van der Waals surface area contributed by atoms with Gasteiger partial charge in [0, 0.05) is 16.1 Å². The van der Waals surface area contributed by atoms with E-state index in [1.165, 1.54) is 16.9 Å². The molecule has 1 aliphatic carbocycles. The maximum atomic E-state index is 12.6. The van der Waals surface area contributed by atoms with Crippen molar-refractivity contribution in [2.45, 2.75) is 39.0 Å². The minimum absolute atomic E-state index is 0.341.